The van der Waals surface area contributed by atoms with E-state index in [1.165, 1.54) is 6.26 Å². The second kappa shape index (κ2) is 6.38. The molecule has 1 aliphatic heterocycles. The van der Waals surface area contributed by atoms with Crippen LogP contribution in [0.15, 0.2) is 27.2 Å². The van der Waals surface area contributed by atoms with E-state index in [-0.39, 0.29) is 24.8 Å². The number of likely N-dealkylation sites (tertiary alicyclic amines) is 1. The molecular weight excluding hydrogens is 324 g/mol. The summed E-state index contributed by atoms with van der Waals surface area (Å²) in [6.45, 7) is 6.22. The third kappa shape index (κ3) is 3.06. The quantitative estimate of drug-likeness (QED) is 0.894. The lowest BCUT2D eigenvalue weighted by atomic mass is 9.76. The topological polar surface area (TPSA) is 96.8 Å². The van der Waals surface area contributed by atoms with Crippen LogP contribution in [-0.2, 0) is 16.0 Å². The zero-order chi connectivity index (χ0) is 18.2. The molecule has 3 rings (SSSR count). The fourth-order valence-corrected chi connectivity index (χ4v) is 3.29. The van der Waals surface area contributed by atoms with E-state index in [2.05, 4.69) is 4.98 Å². The molecule has 1 fully saturated rings. The monoisotopic (exact) mass is 346 g/mol. The average molecular weight is 346 g/mol. The maximum atomic E-state index is 12.6. The molecule has 0 bridgehead atoms. The summed E-state index contributed by atoms with van der Waals surface area (Å²) in [5.41, 5.74) is -0.317. The minimum Gasteiger partial charge on any atom is -0.481 e. The van der Waals surface area contributed by atoms with Crippen LogP contribution in [-0.4, -0.2) is 40.0 Å². The van der Waals surface area contributed by atoms with Gasteiger partial charge in [-0.05, 0) is 31.4 Å². The maximum absolute atomic E-state index is 12.6. The number of amides is 1. The van der Waals surface area contributed by atoms with Gasteiger partial charge in [-0.15, -0.1) is 0 Å². The van der Waals surface area contributed by atoms with E-state index in [4.69, 9.17) is 8.83 Å². The molecular formula is C18H22N2O5. The SMILES string of the molecule is Cc1oc(-c2ccco2)nc1CC(=O)N1CCC(C(=O)O)(C(C)C)C1. The molecule has 0 saturated carbocycles. The first-order chi connectivity index (χ1) is 11.8. The molecule has 0 radical (unpaired) electrons. The number of aryl methyl sites for hydroxylation is 1. The molecule has 2 aromatic heterocycles. The predicted molar refractivity (Wildman–Crippen MR) is 88.7 cm³/mol. The highest BCUT2D eigenvalue weighted by molar-refractivity contribution is 5.82. The van der Waals surface area contributed by atoms with Gasteiger partial charge < -0.3 is 18.8 Å². The molecule has 2 aromatic rings. The average Bonchev–Trinajstić information content (AvgIpc) is 3.26. The standard InChI is InChI=1S/C18H22N2O5/c1-11(2)18(17(22)23)6-7-20(10-18)15(21)9-13-12(3)25-16(19-13)14-5-4-8-24-14/h4-5,8,11H,6-7,9-10H2,1-3H3,(H,22,23). The number of carboxylic acids is 1. The zero-order valence-electron chi connectivity index (χ0n) is 14.6. The molecule has 3 heterocycles. The number of carbonyl (C=O) groups is 2. The minimum absolute atomic E-state index is 0.0397. The number of aliphatic carboxylic acids is 1. The van der Waals surface area contributed by atoms with E-state index in [9.17, 15) is 14.7 Å². The number of carboxylic acid groups (broad SMARTS) is 1. The molecule has 0 aromatic carbocycles. The van der Waals surface area contributed by atoms with Gasteiger partial charge in [0.25, 0.3) is 5.89 Å². The Morgan fingerprint density at radius 1 is 1.44 bits per heavy atom. The molecule has 7 heteroatoms. The summed E-state index contributed by atoms with van der Waals surface area (Å²) >= 11 is 0. The number of carbonyl (C=O) groups excluding carboxylic acids is 1. The van der Waals surface area contributed by atoms with E-state index in [1.807, 2.05) is 13.8 Å². The van der Waals surface area contributed by atoms with E-state index < -0.39 is 11.4 Å². The Morgan fingerprint density at radius 2 is 2.20 bits per heavy atom. The third-order valence-corrected chi connectivity index (χ3v) is 5.13. The van der Waals surface area contributed by atoms with Crippen molar-refractivity contribution >= 4 is 11.9 Å². The van der Waals surface area contributed by atoms with Gasteiger partial charge in [0, 0.05) is 13.1 Å². The summed E-state index contributed by atoms with van der Waals surface area (Å²) in [4.78, 5) is 30.3. The van der Waals surface area contributed by atoms with Gasteiger partial charge in [-0.2, -0.15) is 0 Å². The van der Waals surface area contributed by atoms with E-state index in [0.717, 1.165) is 0 Å². The first kappa shape index (κ1) is 17.3. The number of oxazole rings is 1. The molecule has 7 nitrogen and oxygen atoms in total. The summed E-state index contributed by atoms with van der Waals surface area (Å²) in [7, 11) is 0. The van der Waals surface area contributed by atoms with Crippen LogP contribution < -0.4 is 0 Å². The van der Waals surface area contributed by atoms with Crippen molar-refractivity contribution in [3.05, 3.63) is 29.9 Å². The number of hydrogen-bond acceptors (Lipinski definition) is 5. The number of aromatic nitrogens is 1. The normalized spacial score (nSPS) is 20.4. The summed E-state index contributed by atoms with van der Waals surface area (Å²) in [6.07, 6.45) is 2.09. The number of hydrogen-bond donors (Lipinski definition) is 1. The Morgan fingerprint density at radius 3 is 2.76 bits per heavy atom. The van der Waals surface area contributed by atoms with Gasteiger partial charge in [0.1, 0.15) is 5.76 Å². The van der Waals surface area contributed by atoms with Gasteiger partial charge in [-0.1, -0.05) is 13.8 Å². The highest BCUT2D eigenvalue weighted by Crippen LogP contribution is 2.38. The van der Waals surface area contributed by atoms with Gasteiger partial charge in [0.2, 0.25) is 5.91 Å². The molecule has 1 amide bonds. The molecule has 1 saturated heterocycles. The largest absolute Gasteiger partial charge is 0.481 e. The predicted octanol–water partition coefficient (Wildman–Crippen LogP) is 2.74. The Kier molecular flexibility index (Phi) is 4.41. The molecule has 25 heavy (non-hydrogen) atoms. The molecule has 1 N–H and O–H groups in total. The first-order valence-electron chi connectivity index (χ1n) is 8.35. The second-order valence-corrected chi connectivity index (χ2v) is 6.86. The highest BCUT2D eigenvalue weighted by Gasteiger charge is 2.48. The van der Waals surface area contributed by atoms with Crippen LogP contribution in [0.4, 0.5) is 0 Å². The lowest BCUT2D eigenvalue weighted by Crippen LogP contribution is -2.41. The molecule has 1 atom stereocenters. The van der Waals surface area contributed by atoms with Crippen LogP contribution in [0.5, 0.6) is 0 Å². The van der Waals surface area contributed by atoms with Gasteiger partial charge in [-0.3, -0.25) is 9.59 Å². The highest BCUT2D eigenvalue weighted by atomic mass is 16.4. The molecule has 1 aliphatic rings. The Labute approximate surface area is 145 Å². The summed E-state index contributed by atoms with van der Waals surface area (Å²) in [6, 6.07) is 3.47. The lowest BCUT2D eigenvalue weighted by Gasteiger charge is -2.28. The van der Waals surface area contributed by atoms with Crippen molar-refractivity contribution in [1.29, 1.82) is 0 Å². The van der Waals surface area contributed by atoms with Gasteiger partial charge in [0.15, 0.2) is 5.76 Å². The van der Waals surface area contributed by atoms with Gasteiger partial charge in [-0.25, -0.2) is 4.98 Å². The van der Waals surface area contributed by atoms with Crippen molar-refractivity contribution in [3.63, 3.8) is 0 Å². The van der Waals surface area contributed by atoms with Crippen molar-refractivity contribution in [1.82, 2.24) is 9.88 Å². The van der Waals surface area contributed by atoms with Gasteiger partial charge in [0.05, 0.1) is 23.8 Å². The Balaban J connectivity index is 1.72. The maximum Gasteiger partial charge on any atom is 0.311 e. The van der Waals surface area contributed by atoms with Crippen LogP contribution in [0, 0.1) is 18.3 Å². The lowest BCUT2D eigenvalue weighted by molar-refractivity contribution is -0.151. The van der Waals surface area contributed by atoms with Gasteiger partial charge >= 0.3 is 5.97 Å². The van der Waals surface area contributed by atoms with Crippen molar-refractivity contribution in [2.75, 3.05) is 13.1 Å². The Hall–Kier alpha value is -2.57. The number of nitrogens with zero attached hydrogens (tertiary/aromatic N) is 2. The van der Waals surface area contributed by atoms with Crippen LogP contribution in [0.25, 0.3) is 11.7 Å². The van der Waals surface area contributed by atoms with E-state index in [1.54, 1.807) is 24.0 Å². The molecule has 0 spiro atoms. The van der Waals surface area contributed by atoms with Crippen LogP contribution in [0.3, 0.4) is 0 Å². The minimum atomic E-state index is -0.867. The van der Waals surface area contributed by atoms with Crippen LogP contribution >= 0.6 is 0 Å². The van der Waals surface area contributed by atoms with Crippen molar-refractivity contribution in [2.24, 2.45) is 11.3 Å². The molecule has 1 unspecified atom stereocenters. The number of furan rings is 1. The summed E-state index contributed by atoms with van der Waals surface area (Å²) in [5.74, 6) is 0.401. The summed E-state index contributed by atoms with van der Waals surface area (Å²) in [5, 5.41) is 9.60. The van der Waals surface area contributed by atoms with Crippen molar-refractivity contribution in [2.45, 2.75) is 33.6 Å². The Bertz CT molecular complexity index is 777. The molecule has 134 valence electrons. The van der Waals surface area contributed by atoms with Crippen molar-refractivity contribution < 1.29 is 23.5 Å². The molecule has 0 aliphatic carbocycles. The smallest absolute Gasteiger partial charge is 0.311 e. The van der Waals surface area contributed by atoms with E-state index in [0.29, 0.717) is 36.1 Å². The fraction of sp³-hybridized carbons (Fsp3) is 0.500. The zero-order valence-corrected chi connectivity index (χ0v) is 14.6. The summed E-state index contributed by atoms with van der Waals surface area (Å²) < 4.78 is 10.8. The second-order valence-electron chi connectivity index (χ2n) is 6.86. The first-order valence-corrected chi connectivity index (χ1v) is 8.35. The van der Waals surface area contributed by atoms with Crippen LogP contribution in [0.1, 0.15) is 31.7 Å². The van der Waals surface area contributed by atoms with Crippen LogP contribution in [0.2, 0.25) is 0 Å². The van der Waals surface area contributed by atoms with Crippen molar-refractivity contribution in [3.8, 4) is 11.7 Å². The van der Waals surface area contributed by atoms with E-state index >= 15 is 0 Å². The third-order valence-electron chi connectivity index (χ3n) is 5.13. The fourth-order valence-electron chi connectivity index (χ4n) is 3.29. The number of rotatable bonds is 5.